The number of amides is 1. The Hall–Kier alpha value is -3.26. The standard InChI is InChI=1S/C22H23N3O4S/c1-3-29-19-11-7-6-10-18(19)24-20(26)14-30-21-12-15(13-22(27)28-2)23-16-8-4-5-9-17(16)25-21/h4-12,23H,3,13-14H2,1-2H3,(H,24,26). The highest BCUT2D eigenvalue weighted by Crippen LogP contribution is 2.31. The Bertz CT molecular complexity index is 988. The van der Waals surface area contributed by atoms with E-state index in [1.54, 1.807) is 12.1 Å². The lowest BCUT2D eigenvalue weighted by Gasteiger charge is -2.11. The summed E-state index contributed by atoms with van der Waals surface area (Å²) in [5.41, 5.74) is 2.80. The molecule has 1 aliphatic rings. The molecule has 0 saturated heterocycles. The number of carbonyl (C=O) groups excluding carboxylic acids is 2. The minimum atomic E-state index is -0.359. The number of thioether (sulfide) groups is 1. The molecule has 0 radical (unpaired) electrons. The molecule has 2 N–H and O–H groups in total. The third kappa shape index (κ3) is 5.87. The van der Waals surface area contributed by atoms with Crippen LogP contribution in [0.1, 0.15) is 13.3 Å². The second-order valence-corrected chi connectivity index (χ2v) is 7.28. The number of aliphatic imine (C=N–C) groups is 1. The highest BCUT2D eigenvalue weighted by atomic mass is 32.2. The van der Waals surface area contributed by atoms with Crippen LogP contribution < -0.4 is 15.4 Å². The average Bonchev–Trinajstić information content (AvgIpc) is 2.92. The smallest absolute Gasteiger partial charge is 0.311 e. The zero-order valence-electron chi connectivity index (χ0n) is 16.8. The van der Waals surface area contributed by atoms with Gasteiger partial charge in [0.1, 0.15) is 5.75 Å². The monoisotopic (exact) mass is 425 g/mol. The first-order chi connectivity index (χ1) is 14.6. The number of ether oxygens (including phenoxy) is 2. The number of hydrogen-bond donors (Lipinski definition) is 2. The second-order valence-electron chi connectivity index (χ2n) is 6.28. The van der Waals surface area contributed by atoms with E-state index in [0.717, 1.165) is 11.4 Å². The summed E-state index contributed by atoms with van der Waals surface area (Å²) in [6.07, 6.45) is 1.85. The number of esters is 1. The second kappa shape index (κ2) is 10.5. The molecule has 8 heteroatoms. The van der Waals surface area contributed by atoms with Crippen molar-refractivity contribution in [2.75, 3.05) is 30.1 Å². The molecular formula is C22H23N3O4S. The molecule has 1 aliphatic heterocycles. The molecule has 1 heterocycles. The van der Waals surface area contributed by atoms with Crippen molar-refractivity contribution in [1.82, 2.24) is 0 Å². The molecule has 0 fully saturated rings. The number of anilines is 2. The van der Waals surface area contributed by atoms with Gasteiger partial charge in [-0.1, -0.05) is 36.0 Å². The Morgan fingerprint density at radius 2 is 1.90 bits per heavy atom. The maximum atomic E-state index is 12.5. The topological polar surface area (TPSA) is 89.0 Å². The number of nitrogens with zero attached hydrogens (tertiary/aromatic N) is 1. The summed E-state index contributed by atoms with van der Waals surface area (Å²) in [6, 6.07) is 14.8. The van der Waals surface area contributed by atoms with E-state index in [4.69, 9.17) is 9.47 Å². The number of carbonyl (C=O) groups is 2. The number of rotatable bonds is 7. The lowest BCUT2D eigenvalue weighted by molar-refractivity contribution is -0.139. The minimum absolute atomic E-state index is 0.0817. The van der Waals surface area contributed by atoms with Gasteiger partial charge in [0.05, 0.1) is 48.0 Å². The number of methoxy groups -OCH3 is 1. The third-order valence-corrected chi connectivity index (χ3v) is 5.01. The fourth-order valence-corrected chi connectivity index (χ4v) is 3.50. The molecular weight excluding hydrogens is 402 g/mol. The summed E-state index contributed by atoms with van der Waals surface area (Å²) >= 11 is 1.29. The van der Waals surface area contributed by atoms with Gasteiger partial charge in [0, 0.05) is 5.70 Å². The van der Waals surface area contributed by atoms with Crippen molar-refractivity contribution in [2.24, 2.45) is 4.99 Å². The molecule has 2 aromatic carbocycles. The van der Waals surface area contributed by atoms with Crippen molar-refractivity contribution in [3.8, 4) is 5.75 Å². The highest BCUT2D eigenvalue weighted by Gasteiger charge is 2.15. The quantitative estimate of drug-likeness (QED) is 0.641. The van der Waals surface area contributed by atoms with Gasteiger partial charge < -0.3 is 20.1 Å². The average molecular weight is 426 g/mol. The minimum Gasteiger partial charge on any atom is -0.492 e. The van der Waals surface area contributed by atoms with Crippen LogP contribution in [0.3, 0.4) is 0 Å². The van der Waals surface area contributed by atoms with E-state index >= 15 is 0 Å². The van der Waals surface area contributed by atoms with Crippen molar-refractivity contribution in [3.63, 3.8) is 0 Å². The van der Waals surface area contributed by atoms with Crippen LogP contribution in [0.4, 0.5) is 17.1 Å². The molecule has 0 spiro atoms. The van der Waals surface area contributed by atoms with E-state index < -0.39 is 0 Å². The fraction of sp³-hybridized carbons (Fsp3) is 0.227. The predicted molar refractivity (Wildman–Crippen MR) is 121 cm³/mol. The molecule has 7 nitrogen and oxygen atoms in total. The van der Waals surface area contributed by atoms with E-state index in [2.05, 4.69) is 15.6 Å². The summed E-state index contributed by atoms with van der Waals surface area (Å²) < 4.78 is 10.3. The molecule has 0 aromatic heterocycles. The van der Waals surface area contributed by atoms with Crippen LogP contribution in [0.25, 0.3) is 0 Å². The highest BCUT2D eigenvalue weighted by molar-refractivity contribution is 8.14. The third-order valence-electron chi connectivity index (χ3n) is 4.10. The number of benzene rings is 2. The van der Waals surface area contributed by atoms with E-state index in [-0.39, 0.29) is 24.1 Å². The van der Waals surface area contributed by atoms with Crippen LogP contribution in [-0.2, 0) is 14.3 Å². The first kappa shape index (κ1) is 21.4. The summed E-state index contributed by atoms with van der Waals surface area (Å²) in [5.74, 6) is 0.248. The van der Waals surface area contributed by atoms with Crippen LogP contribution in [0.2, 0.25) is 0 Å². The fourth-order valence-electron chi connectivity index (χ4n) is 2.76. The summed E-state index contributed by atoms with van der Waals surface area (Å²) in [5, 5.41) is 6.72. The van der Waals surface area contributed by atoms with Crippen molar-refractivity contribution in [2.45, 2.75) is 13.3 Å². The lowest BCUT2D eigenvalue weighted by atomic mass is 10.2. The van der Waals surface area contributed by atoms with Crippen LogP contribution in [0.15, 0.2) is 65.3 Å². The summed E-state index contributed by atoms with van der Waals surface area (Å²) in [4.78, 5) is 28.9. The Balaban J connectivity index is 1.72. The molecule has 0 atom stereocenters. The zero-order valence-corrected chi connectivity index (χ0v) is 17.6. The van der Waals surface area contributed by atoms with Crippen molar-refractivity contribution in [3.05, 3.63) is 60.3 Å². The maximum absolute atomic E-state index is 12.5. The van der Waals surface area contributed by atoms with E-state index in [0.29, 0.717) is 28.8 Å². The zero-order chi connectivity index (χ0) is 21.3. The molecule has 0 aliphatic carbocycles. The van der Waals surface area contributed by atoms with Gasteiger partial charge >= 0.3 is 5.97 Å². The van der Waals surface area contributed by atoms with Crippen molar-refractivity contribution in [1.29, 1.82) is 0 Å². The molecule has 0 bridgehead atoms. The Kier molecular flexibility index (Phi) is 7.51. The molecule has 156 valence electrons. The largest absolute Gasteiger partial charge is 0.492 e. The van der Waals surface area contributed by atoms with E-state index in [1.165, 1.54) is 18.9 Å². The Morgan fingerprint density at radius 1 is 1.13 bits per heavy atom. The van der Waals surface area contributed by atoms with Crippen LogP contribution in [0, 0.1) is 0 Å². The molecule has 1 amide bonds. The lowest BCUT2D eigenvalue weighted by Crippen LogP contribution is -2.16. The van der Waals surface area contributed by atoms with Gasteiger partial charge in [0.2, 0.25) is 5.91 Å². The van der Waals surface area contributed by atoms with E-state index in [9.17, 15) is 9.59 Å². The maximum Gasteiger partial charge on any atom is 0.311 e. The van der Waals surface area contributed by atoms with Gasteiger partial charge in [-0.3, -0.25) is 9.59 Å². The molecule has 3 rings (SSSR count). The van der Waals surface area contributed by atoms with Gasteiger partial charge in [0.25, 0.3) is 0 Å². The Morgan fingerprint density at radius 3 is 2.70 bits per heavy atom. The number of nitrogens with one attached hydrogen (secondary N) is 2. The van der Waals surface area contributed by atoms with Crippen molar-refractivity contribution >= 4 is 45.7 Å². The van der Waals surface area contributed by atoms with Crippen molar-refractivity contribution < 1.29 is 19.1 Å². The summed E-state index contributed by atoms with van der Waals surface area (Å²) in [7, 11) is 1.35. The first-order valence-corrected chi connectivity index (χ1v) is 10.4. The normalized spacial score (nSPS) is 12.5. The Labute approximate surface area is 179 Å². The van der Waals surface area contributed by atoms with Gasteiger partial charge in [0.15, 0.2) is 0 Å². The van der Waals surface area contributed by atoms with Crippen LogP contribution in [-0.4, -0.2) is 36.4 Å². The van der Waals surface area contributed by atoms with Crippen LogP contribution >= 0.6 is 11.8 Å². The van der Waals surface area contributed by atoms with Crippen LogP contribution in [0.5, 0.6) is 5.75 Å². The SMILES string of the molecule is CCOc1ccccc1NC(=O)CSC1=Nc2ccccc2NC(CC(=O)OC)=C1. The van der Waals surface area contributed by atoms with Gasteiger partial charge in [-0.05, 0) is 37.3 Å². The predicted octanol–water partition coefficient (Wildman–Crippen LogP) is 4.36. The number of para-hydroxylation sites is 4. The number of hydrogen-bond acceptors (Lipinski definition) is 7. The van der Waals surface area contributed by atoms with Gasteiger partial charge in [-0.25, -0.2) is 4.99 Å². The molecule has 0 saturated carbocycles. The van der Waals surface area contributed by atoms with Gasteiger partial charge in [-0.15, -0.1) is 0 Å². The summed E-state index contributed by atoms with van der Waals surface area (Å²) in [6.45, 7) is 2.40. The molecule has 2 aromatic rings. The first-order valence-electron chi connectivity index (χ1n) is 9.45. The number of fused-ring (bicyclic) bond motifs is 1. The molecule has 0 unspecified atom stereocenters. The molecule has 30 heavy (non-hydrogen) atoms. The van der Waals surface area contributed by atoms with Gasteiger partial charge in [-0.2, -0.15) is 0 Å². The van der Waals surface area contributed by atoms with E-state index in [1.807, 2.05) is 49.4 Å².